The third-order valence-corrected chi connectivity index (χ3v) is 4.40. The van der Waals surface area contributed by atoms with E-state index in [-0.39, 0.29) is 17.3 Å². The van der Waals surface area contributed by atoms with Crippen LogP contribution >= 0.6 is 0 Å². The van der Waals surface area contributed by atoms with Crippen LogP contribution < -0.4 is 4.74 Å². The van der Waals surface area contributed by atoms with E-state index in [9.17, 15) is 13.6 Å². The van der Waals surface area contributed by atoms with Crippen LogP contribution in [0.3, 0.4) is 0 Å². The van der Waals surface area contributed by atoms with Gasteiger partial charge in [-0.3, -0.25) is 9.69 Å². The van der Waals surface area contributed by atoms with Gasteiger partial charge in [-0.25, -0.2) is 8.78 Å². The maximum absolute atomic E-state index is 13.8. The fourth-order valence-corrected chi connectivity index (χ4v) is 3.03. The summed E-state index contributed by atoms with van der Waals surface area (Å²) < 4.78 is 32.5. The van der Waals surface area contributed by atoms with E-state index in [1.165, 1.54) is 24.3 Å². The Kier molecular flexibility index (Phi) is 5.28. The molecule has 0 aliphatic carbocycles. The van der Waals surface area contributed by atoms with E-state index in [2.05, 4.69) is 4.90 Å². The number of nitrogens with zero attached hydrogens (tertiary/aromatic N) is 2. The van der Waals surface area contributed by atoms with Crippen molar-refractivity contribution >= 4 is 5.91 Å². The van der Waals surface area contributed by atoms with Gasteiger partial charge in [-0.15, -0.1) is 0 Å². The molecular formula is C19H20F2N2O2. The fourth-order valence-electron chi connectivity index (χ4n) is 3.03. The summed E-state index contributed by atoms with van der Waals surface area (Å²) in [6.07, 6.45) is 0. The van der Waals surface area contributed by atoms with E-state index in [0.717, 1.165) is 5.56 Å². The lowest BCUT2D eigenvalue weighted by molar-refractivity contribution is 0.0623. The van der Waals surface area contributed by atoms with E-state index >= 15 is 0 Å². The Morgan fingerprint density at radius 1 is 1.08 bits per heavy atom. The van der Waals surface area contributed by atoms with Crippen molar-refractivity contribution in [2.24, 2.45) is 0 Å². The molecule has 1 amide bonds. The molecule has 25 heavy (non-hydrogen) atoms. The number of hydrogen-bond acceptors (Lipinski definition) is 3. The van der Waals surface area contributed by atoms with Gasteiger partial charge < -0.3 is 9.64 Å². The molecule has 2 aromatic carbocycles. The number of benzene rings is 2. The van der Waals surface area contributed by atoms with E-state index in [4.69, 9.17) is 4.74 Å². The van der Waals surface area contributed by atoms with Gasteiger partial charge in [0.2, 0.25) is 0 Å². The average Bonchev–Trinajstić information content (AvgIpc) is 2.62. The molecule has 0 radical (unpaired) electrons. The minimum atomic E-state index is -0.501. The molecule has 1 aliphatic heterocycles. The van der Waals surface area contributed by atoms with Crippen LogP contribution in [-0.4, -0.2) is 49.0 Å². The molecule has 0 unspecified atom stereocenters. The summed E-state index contributed by atoms with van der Waals surface area (Å²) in [4.78, 5) is 16.2. The first-order valence-electron chi connectivity index (χ1n) is 8.17. The summed E-state index contributed by atoms with van der Waals surface area (Å²) in [5, 5.41) is 0. The molecule has 0 bridgehead atoms. The largest absolute Gasteiger partial charge is 0.496 e. The Balaban J connectivity index is 1.62. The number of methoxy groups -OCH3 is 1. The first-order valence-corrected chi connectivity index (χ1v) is 8.17. The van der Waals surface area contributed by atoms with Gasteiger partial charge in [-0.2, -0.15) is 0 Å². The third kappa shape index (κ3) is 3.96. The molecule has 132 valence electrons. The van der Waals surface area contributed by atoms with Crippen molar-refractivity contribution in [1.82, 2.24) is 9.80 Å². The average molecular weight is 346 g/mol. The number of piperazine rings is 1. The molecule has 1 saturated heterocycles. The molecule has 1 aliphatic rings. The Bertz CT molecular complexity index is 759. The summed E-state index contributed by atoms with van der Waals surface area (Å²) in [7, 11) is 1.56. The number of carbonyl (C=O) groups is 1. The lowest BCUT2D eigenvalue weighted by Gasteiger charge is -2.35. The minimum Gasteiger partial charge on any atom is -0.496 e. The highest BCUT2D eigenvalue weighted by Gasteiger charge is 2.24. The Morgan fingerprint density at radius 3 is 2.48 bits per heavy atom. The number of rotatable bonds is 4. The highest BCUT2D eigenvalue weighted by molar-refractivity contribution is 5.94. The van der Waals surface area contributed by atoms with Gasteiger partial charge in [-0.1, -0.05) is 12.1 Å². The van der Waals surface area contributed by atoms with Crippen LogP contribution in [-0.2, 0) is 6.54 Å². The molecule has 3 rings (SSSR count). The van der Waals surface area contributed by atoms with Gasteiger partial charge in [-0.05, 0) is 30.3 Å². The van der Waals surface area contributed by atoms with E-state index in [1.54, 1.807) is 30.2 Å². The Morgan fingerprint density at radius 2 is 1.80 bits per heavy atom. The topological polar surface area (TPSA) is 32.8 Å². The number of hydrogen-bond donors (Lipinski definition) is 0. The second-order valence-electron chi connectivity index (χ2n) is 6.00. The summed E-state index contributed by atoms with van der Waals surface area (Å²) in [5.74, 6) is -0.448. The van der Waals surface area contributed by atoms with Crippen LogP contribution in [0.4, 0.5) is 8.78 Å². The predicted octanol–water partition coefficient (Wildman–Crippen LogP) is 2.93. The van der Waals surface area contributed by atoms with Crippen LogP contribution in [0.1, 0.15) is 15.9 Å². The van der Waals surface area contributed by atoms with Gasteiger partial charge >= 0.3 is 0 Å². The minimum absolute atomic E-state index is 0.0998. The molecule has 6 heteroatoms. The van der Waals surface area contributed by atoms with Crippen LogP contribution in [0.2, 0.25) is 0 Å². The van der Waals surface area contributed by atoms with Crippen LogP contribution in [0.15, 0.2) is 42.5 Å². The van der Waals surface area contributed by atoms with Gasteiger partial charge in [0.15, 0.2) is 0 Å². The van der Waals surface area contributed by atoms with Gasteiger partial charge in [0.05, 0.1) is 12.7 Å². The standard InChI is InChI=1S/C19H20F2N2O2/c1-25-18-7-6-15(20)12-14(18)13-22-8-10-23(11-9-22)19(24)16-4-2-3-5-17(16)21/h2-7,12H,8-11,13H2,1H3. The van der Waals surface area contributed by atoms with Crippen molar-refractivity contribution in [3.63, 3.8) is 0 Å². The summed E-state index contributed by atoms with van der Waals surface area (Å²) >= 11 is 0. The molecule has 4 nitrogen and oxygen atoms in total. The summed E-state index contributed by atoms with van der Waals surface area (Å²) in [6.45, 7) is 2.83. The number of ether oxygens (including phenoxy) is 1. The maximum Gasteiger partial charge on any atom is 0.256 e. The monoisotopic (exact) mass is 346 g/mol. The molecule has 0 aromatic heterocycles. The Hall–Kier alpha value is -2.47. The molecule has 0 N–H and O–H groups in total. The lowest BCUT2D eigenvalue weighted by Crippen LogP contribution is -2.48. The Labute approximate surface area is 145 Å². The van der Waals surface area contributed by atoms with Gasteiger partial charge in [0.1, 0.15) is 17.4 Å². The van der Waals surface area contributed by atoms with Gasteiger partial charge in [0, 0.05) is 38.3 Å². The smallest absolute Gasteiger partial charge is 0.256 e. The molecule has 0 atom stereocenters. The molecular weight excluding hydrogens is 326 g/mol. The molecule has 1 heterocycles. The van der Waals surface area contributed by atoms with E-state index in [0.29, 0.717) is 38.5 Å². The number of halogens is 2. The second-order valence-corrected chi connectivity index (χ2v) is 6.00. The first-order chi connectivity index (χ1) is 12.1. The predicted molar refractivity (Wildman–Crippen MR) is 90.5 cm³/mol. The van der Waals surface area contributed by atoms with Crippen molar-refractivity contribution in [2.45, 2.75) is 6.54 Å². The summed E-state index contributed by atoms with van der Waals surface area (Å²) in [6, 6.07) is 10.5. The van der Waals surface area contributed by atoms with E-state index in [1.807, 2.05) is 0 Å². The zero-order valence-electron chi connectivity index (χ0n) is 14.0. The van der Waals surface area contributed by atoms with Gasteiger partial charge in [0.25, 0.3) is 5.91 Å². The zero-order chi connectivity index (χ0) is 17.8. The van der Waals surface area contributed by atoms with Crippen molar-refractivity contribution < 1.29 is 18.3 Å². The molecule has 0 saturated carbocycles. The van der Waals surface area contributed by atoms with E-state index < -0.39 is 5.82 Å². The van der Waals surface area contributed by atoms with Crippen molar-refractivity contribution in [2.75, 3.05) is 33.3 Å². The van der Waals surface area contributed by atoms with Crippen molar-refractivity contribution in [3.05, 3.63) is 65.2 Å². The van der Waals surface area contributed by atoms with Crippen LogP contribution in [0, 0.1) is 11.6 Å². The van der Waals surface area contributed by atoms with Crippen molar-refractivity contribution in [1.29, 1.82) is 0 Å². The maximum atomic E-state index is 13.8. The van der Waals surface area contributed by atoms with Crippen LogP contribution in [0.5, 0.6) is 5.75 Å². The zero-order valence-corrected chi connectivity index (χ0v) is 14.0. The normalized spacial score (nSPS) is 15.2. The molecule has 0 spiro atoms. The molecule has 2 aromatic rings. The summed E-state index contributed by atoms with van der Waals surface area (Å²) in [5.41, 5.74) is 0.874. The fraction of sp³-hybridized carbons (Fsp3) is 0.316. The molecule has 1 fully saturated rings. The quantitative estimate of drug-likeness (QED) is 0.853. The third-order valence-electron chi connectivity index (χ3n) is 4.40. The lowest BCUT2D eigenvalue weighted by atomic mass is 10.1. The highest BCUT2D eigenvalue weighted by atomic mass is 19.1. The van der Waals surface area contributed by atoms with Crippen LogP contribution in [0.25, 0.3) is 0 Å². The first kappa shape index (κ1) is 17.4. The number of carbonyl (C=O) groups excluding carboxylic acids is 1. The second kappa shape index (κ2) is 7.61. The number of amides is 1. The van der Waals surface area contributed by atoms with Crippen molar-refractivity contribution in [3.8, 4) is 5.75 Å². The highest BCUT2D eigenvalue weighted by Crippen LogP contribution is 2.22. The SMILES string of the molecule is COc1ccc(F)cc1CN1CCN(C(=O)c2ccccc2F)CC1.